The molecule has 0 radical (unpaired) electrons. The van der Waals surface area contributed by atoms with E-state index in [-0.39, 0.29) is 6.54 Å². The summed E-state index contributed by atoms with van der Waals surface area (Å²) < 4.78 is 5.27. The van der Waals surface area contributed by atoms with E-state index in [4.69, 9.17) is 15.1 Å². The minimum Gasteiger partial charge on any atom is -0.496 e. The van der Waals surface area contributed by atoms with Gasteiger partial charge in [-0.1, -0.05) is 13.8 Å². The Hall–Kier alpha value is -2.06. The molecule has 0 aliphatic heterocycles. The Balaban J connectivity index is 2.96. The van der Waals surface area contributed by atoms with E-state index in [1.165, 1.54) is 0 Å². The summed E-state index contributed by atoms with van der Waals surface area (Å²) in [7, 11) is 1.56. The molecule has 0 unspecified atom stereocenters. The van der Waals surface area contributed by atoms with Crippen molar-refractivity contribution in [2.45, 2.75) is 20.4 Å². The standard InChI is InChI=1S/C15H20N2O3/c1-11(2)8-17(10-15(18)19)9-13-6-12(7-16)4-5-14(13)20-3/h4-6,11H,8-10H2,1-3H3,(H,18,19). The van der Waals surface area contributed by atoms with Crippen molar-refractivity contribution < 1.29 is 14.6 Å². The highest BCUT2D eigenvalue weighted by molar-refractivity contribution is 5.69. The minimum absolute atomic E-state index is 0.0296. The summed E-state index contributed by atoms with van der Waals surface area (Å²) in [5, 5.41) is 17.9. The number of benzene rings is 1. The molecule has 0 aliphatic rings. The normalized spacial score (nSPS) is 10.6. The van der Waals surface area contributed by atoms with Gasteiger partial charge in [0.15, 0.2) is 0 Å². The van der Waals surface area contributed by atoms with Crippen LogP contribution >= 0.6 is 0 Å². The molecule has 20 heavy (non-hydrogen) atoms. The number of nitriles is 1. The number of carboxylic acid groups (broad SMARTS) is 1. The molecule has 1 N–H and O–H groups in total. The zero-order chi connectivity index (χ0) is 15.1. The van der Waals surface area contributed by atoms with Gasteiger partial charge in [0.05, 0.1) is 25.3 Å². The number of aliphatic carboxylic acids is 1. The second-order valence-electron chi connectivity index (χ2n) is 5.10. The van der Waals surface area contributed by atoms with E-state index in [9.17, 15) is 4.79 Å². The van der Waals surface area contributed by atoms with Crippen LogP contribution in [0.1, 0.15) is 25.0 Å². The molecule has 5 heteroatoms. The molecule has 0 spiro atoms. The number of methoxy groups -OCH3 is 1. The Morgan fingerprint density at radius 1 is 1.50 bits per heavy atom. The van der Waals surface area contributed by atoms with Gasteiger partial charge in [-0.2, -0.15) is 5.26 Å². The first-order chi connectivity index (χ1) is 9.46. The monoisotopic (exact) mass is 276 g/mol. The lowest BCUT2D eigenvalue weighted by Gasteiger charge is -2.23. The lowest BCUT2D eigenvalue weighted by Crippen LogP contribution is -2.32. The average molecular weight is 276 g/mol. The number of rotatable bonds is 7. The van der Waals surface area contributed by atoms with E-state index in [2.05, 4.69) is 6.07 Å². The highest BCUT2D eigenvalue weighted by atomic mass is 16.5. The zero-order valence-electron chi connectivity index (χ0n) is 12.1. The van der Waals surface area contributed by atoms with Crippen LogP contribution < -0.4 is 4.74 Å². The molecule has 1 aromatic carbocycles. The van der Waals surface area contributed by atoms with Crippen LogP contribution in [0, 0.1) is 17.2 Å². The second kappa shape index (κ2) is 7.51. The molecule has 5 nitrogen and oxygen atoms in total. The topological polar surface area (TPSA) is 73.6 Å². The molecule has 0 amide bonds. The largest absolute Gasteiger partial charge is 0.496 e. The predicted molar refractivity (Wildman–Crippen MR) is 75.5 cm³/mol. The number of carbonyl (C=O) groups is 1. The van der Waals surface area contributed by atoms with Crippen molar-refractivity contribution >= 4 is 5.97 Å². The highest BCUT2D eigenvalue weighted by Crippen LogP contribution is 2.21. The highest BCUT2D eigenvalue weighted by Gasteiger charge is 2.15. The average Bonchev–Trinajstić information content (AvgIpc) is 2.37. The molecule has 0 atom stereocenters. The summed E-state index contributed by atoms with van der Waals surface area (Å²) in [5.74, 6) is 0.170. The maximum atomic E-state index is 10.9. The first-order valence-electron chi connectivity index (χ1n) is 6.47. The van der Waals surface area contributed by atoms with Crippen molar-refractivity contribution in [2.75, 3.05) is 20.2 Å². The Morgan fingerprint density at radius 2 is 2.20 bits per heavy atom. The quantitative estimate of drug-likeness (QED) is 0.825. The number of ether oxygens (including phenoxy) is 1. The molecule has 108 valence electrons. The van der Waals surface area contributed by atoms with Crippen molar-refractivity contribution in [3.05, 3.63) is 29.3 Å². The van der Waals surface area contributed by atoms with Crippen molar-refractivity contribution in [2.24, 2.45) is 5.92 Å². The third-order valence-electron chi connectivity index (χ3n) is 2.79. The van der Waals surface area contributed by atoms with Gasteiger partial charge in [0.25, 0.3) is 0 Å². The summed E-state index contributed by atoms with van der Waals surface area (Å²) in [6.07, 6.45) is 0. The molecular weight excluding hydrogens is 256 g/mol. The molecule has 0 heterocycles. The van der Waals surface area contributed by atoms with E-state index in [1.807, 2.05) is 18.7 Å². The van der Waals surface area contributed by atoms with Crippen LogP contribution in [0.4, 0.5) is 0 Å². The lowest BCUT2D eigenvalue weighted by molar-refractivity contribution is -0.138. The van der Waals surface area contributed by atoms with E-state index in [1.54, 1.807) is 25.3 Å². The molecule has 0 fully saturated rings. The summed E-state index contributed by atoms with van der Waals surface area (Å²) in [5.41, 5.74) is 1.37. The number of hydrogen-bond donors (Lipinski definition) is 1. The maximum Gasteiger partial charge on any atom is 0.317 e. The molecule has 0 saturated carbocycles. The van der Waals surface area contributed by atoms with Crippen LogP contribution in [0.15, 0.2) is 18.2 Å². The number of carboxylic acids is 1. The summed E-state index contributed by atoms with van der Waals surface area (Å²) >= 11 is 0. The fraction of sp³-hybridized carbons (Fsp3) is 0.467. The second-order valence-corrected chi connectivity index (χ2v) is 5.10. The molecule has 0 saturated heterocycles. The molecule has 0 bridgehead atoms. The van der Waals surface area contributed by atoms with Crippen molar-refractivity contribution in [3.63, 3.8) is 0 Å². The number of nitrogens with zero attached hydrogens (tertiary/aromatic N) is 2. The van der Waals surface area contributed by atoms with Gasteiger partial charge in [-0.15, -0.1) is 0 Å². The van der Waals surface area contributed by atoms with E-state index in [0.29, 0.717) is 30.3 Å². The van der Waals surface area contributed by atoms with Gasteiger partial charge >= 0.3 is 5.97 Å². The van der Waals surface area contributed by atoms with Crippen molar-refractivity contribution in [1.82, 2.24) is 4.90 Å². The Morgan fingerprint density at radius 3 is 2.70 bits per heavy atom. The fourth-order valence-corrected chi connectivity index (χ4v) is 2.11. The van der Waals surface area contributed by atoms with Crippen LogP contribution in [0.5, 0.6) is 5.75 Å². The SMILES string of the molecule is COc1ccc(C#N)cc1CN(CC(=O)O)CC(C)C. The van der Waals surface area contributed by atoms with Crippen molar-refractivity contribution in [3.8, 4) is 11.8 Å². The third-order valence-corrected chi connectivity index (χ3v) is 2.79. The summed E-state index contributed by atoms with van der Waals surface area (Å²) in [6.45, 7) is 5.17. The zero-order valence-corrected chi connectivity index (χ0v) is 12.1. The Bertz CT molecular complexity index is 506. The molecule has 0 aliphatic carbocycles. The first-order valence-corrected chi connectivity index (χ1v) is 6.47. The minimum atomic E-state index is -0.860. The maximum absolute atomic E-state index is 10.9. The van der Waals surface area contributed by atoms with Gasteiger partial charge in [-0.3, -0.25) is 9.69 Å². The van der Waals surface area contributed by atoms with Gasteiger partial charge in [-0.05, 0) is 24.1 Å². The molecule has 1 aromatic rings. The van der Waals surface area contributed by atoms with Crippen LogP contribution in [0.2, 0.25) is 0 Å². The molecular formula is C15H20N2O3. The van der Waals surface area contributed by atoms with Gasteiger partial charge in [0.2, 0.25) is 0 Å². The summed E-state index contributed by atoms with van der Waals surface area (Å²) in [4.78, 5) is 12.8. The van der Waals surface area contributed by atoms with E-state index in [0.717, 1.165) is 5.56 Å². The third kappa shape index (κ3) is 4.90. The molecule has 0 aromatic heterocycles. The van der Waals surface area contributed by atoms with Gasteiger partial charge in [-0.25, -0.2) is 0 Å². The fourth-order valence-electron chi connectivity index (χ4n) is 2.11. The summed E-state index contributed by atoms with van der Waals surface area (Å²) in [6, 6.07) is 7.25. The first kappa shape index (κ1) is 16.0. The lowest BCUT2D eigenvalue weighted by atomic mass is 10.1. The van der Waals surface area contributed by atoms with Crippen LogP contribution in [0.3, 0.4) is 0 Å². The van der Waals surface area contributed by atoms with E-state index >= 15 is 0 Å². The van der Waals surface area contributed by atoms with Crippen molar-refractivity contribution in [1.29, 1.82) is 5.26 Å². The van der Waals surface area contributed by atoms with Gasteiger partial charge < -0.3 is 9.84 Å². The van der Waals surface area contributed by atoms with Crippen LogP contribution in [-0.2, 0) is 11.3 Å². The van der Waals surface area contributed by atoms with Gasteiger partial charge in [0.1, 0.15) is 5.75 Å². The Labute approximate surface area is 119 Å². The number of hydrogen-bond acceptors (Lipinski definition) is 4. The smallest absolute Gasteiger partial charge is 0.317 e. The van der Waals surface area contributed by atoms with E-state index < -0.39 is 5.97 Å². The van der Waals surface area contributed by atoms with Gasteiger partial charge in [0, 0.05) is 18.7 Å². The Kier molecular flexibility index (Phi) is 6.01. The van der Waals surface area contributed by atoms with Crippen LogP contribution in [0.25, 0.3) is 0 Å². The van der Waals surface area contributed by atoms with Crippen LogP contribution in [-0.4, -0.2) is 36.2 Å². The molecule has 1 rings (SSSR count). The predicted octanol–water partition coefficient (Wildman–Crippen LogP) is 2.11.